The van der Waals surface area contributed by atoms with Crippen LogP contribution in [-0.2, 0) is 9.53 Å². The average molecular weight is 295 g/mol. The van der Waals surface area contributed by atoms with Crippen LogP contribution in [0, 0.1) is 0 Å². The van der Waals surface area contributed by atoms with E-state index in [1.807, 2.05) is 18.3 Å². The van der Waals surface area contributed by atoms with Crippen LogP contribution in [0.1, 0.15) is 12.8 Å². The first-order chi connectivity index (χ1) is 9.81. The van der Waals surface area contributed by atoms with E-state index in [1.165, 1.54) is 0 Å². The molecular formula is C14H21N3O2S. The summed E-state index contributed by atoms with van der Waals surface area (Å²) in [5, 5.41) is 4.11. The molecule has 6 heteroatoms. The van der Waals surface area contributed by atoms with E-state index in [9.17, 15) is 4.79 Å². The molecule has 20 heavy (non-hydrogen) atoms. The summed E-state index contributed by atoms with van der Waals surface area (Å²) in [5.41, 5.74) is 0. The Morgan fingerprint density at radius 1 is 1.50 bits per heavy atom. The Bertz CT molecular complexity index is 428. The number of aromatic amines is 1. The van der Waals surface area contributed by atoms with Crippen LogP contribution in [0.4, 0.5) is 0 Å². The predicted molar refractivity (Wildman–Crippen MR) is 78.9 cm³/mol. The molecular weight excluding hydrogens is 274 g/mol. The van der Waals surface area contributed by atoms with Gasteiger partial charge in [0.2, 0.25) is 5.91 Å². The number of rotatable bonds is 6. The summed E-state index contributed by atoms with van der Waals surface area (Å²) in [6.07, 6.45) is 4.15. The molecule has 1 aliphatic heterocycles. The van der Waals surface area contributed by atoms with E-state index in [2.05, 4.69) is 15.2 Å². The Balaban J connectivity index is 1.59. The third kappa shape index (κ3) is 4.01. The van der Waals surface area contributed by atoms with Crippen molar-refractivity contribution in [2.45, 2.75) is 29.2 Å². The van der Waals surface area contributed by atoms with Gasteiger partial charge in [-0.1, -0.05) is 11.8 Å². The molecule has 2 fully saturated rings. The molecule has 1 saturated heterocycles. The third-order valence-electron chi connectivity index (χ3n) is 3.58. The first kappa shape index (κ1) is 14.0. The molecule has 1 aromatic rings. The van der Waals surface area contributed by atoms with E-state index < -0.39 is 0 Å². The molecule has 0 radical (unpaired) electrons. The standard InChI is InChI=1S/C14H21N3O2S/c18-14(16-11-3-4-11)12(20-13-2-1-5-15-13)10-17-6-8-19-9-7-17/h1-2,5,11-12,15H,3-4,6-10H2,(H,16,18). The van der Waals surface area contributed by atoms with Crippen LogP contribution in [0.15, 0.2) is 23.4 Å². The first-order valence-electron chi connectivity index (χ1n) is 7.22. The van der Waals surface area contributed by atoms with Gasteiger partial charge in [0.15, 0.2) is 0 Å². The molecule has 1 saturated carbocycles. The van der Waals surface area contributed by atoms with Crippen molar-refractivity contribution in [1.82, 2.24) is 15.2 Å². The second-order valence-electron chi connectivity index (χ2n) is 5.34. The quantitative estimate of drug-likeness (QED) is 0.771. The second kappa shape index (κ2) is 6.65. The number of hydrogen-bond donors (Lipinski definition) is 2. The molecule has 1 unspecified atom stereocenters. The monoisotopic (exact) mass is 295 g/mol. The van der Waals surface area contributed by atoms with E-state index in [4.69, 9.17) is 4.74 Å². The SMILES string of the molecule is O=C(NC1CC1)C(CN1CCOCC1)Sc1ccc[nH]1. The van der Waals surface area contributed by atoms with Crippen molar-refractivity contribution >= 4 is 17.7 Å². The van der Waals surface area contributed by atoms with Crippen molar-refractivity contribution in [3.63, 3.8) is 0 Å². The maximum absolute atomic E-state index is 12.4. The summed E-state index contributed by atoms with van der Waals surface area (Å²) in [6.45, 7) is 4.15. The van der Waals surface area contributed by atoms with E-state index in [0.717, 1.165) is 50.7 Å². The number of hydrogen-bond acceptors (Lipinski definition) is 4. The summed E-state index contributed by atoms with van der Waals surface area (Å²) < 4.78 is 5.37. The van der Waals surface area contributed by atoms with Crippen molar-refractivity contribution < 1.29 is 9.53 Å². The Labute approximate surface area is 123 Å². The zero-order valence-electron chi connectivity index (χ0n) is 11.5. The second-order valence-corrected chi connectivity index (χ2v) is 6.58. The van der Waals surface area contributed by atoms with Gasteiger partial charge in [0.05, 0.1) is 18.2 Å². The molecule has 2 aliphatic rings. The first-order valence-corrected chi connectivity index (χ1v) is 8.10. The lowest BCUT2D eigenvalue weighted by Gasteiger charge is -2.29. The molecule has 3 rings (SSSR count). The van der Waals surface area contributed by atoms with Gasteiger partial charge in [-0.25, -0.2) is 0 Å². The minimum absolute atomic E-state index is 0.0626. The Morgan fingerprint density at radius 3 is 2.95 bits per heavy atom. The highest BCUT2D eigenvalue weighted by molar-refractivity contribution is 8.00. The number of amides is 1. The fourth-order valence-corrected chi connectivity index (χ4v) is 3.31. The number of nitrogens with zero attached hydrogens (tertiary/aromatic N) is 1. The van der Waals surface area contributed by atoms with Crippen LogP contribution in [0.2, 0.25) is 0 Å². The highest BCUT2D eigenvalue weighted by Crippen LogP contribution is 2.25. The highest BCUT2D eigenvalue weighted by atomic mass is 32.2. The summed E-state index contributed by atoms with van der Waals surface area (Å²) in [5.74, 6) is 0.165. The van der Waals surface area contributed by atoms with Crippen LogP contribution < -0.4 is 5.32 Å². The predicted octanol–water partition coefficient (Wildman–Crippen LogP) is 1.09. The molecule has 110 valence electrons. The molecule has 0 bridgehead atoms. The average Bonchev–Trinajstić information content (AvgIpc) is 3.13. The molecule has 2 heterocycles. The molecule has 5 nitrogen and oxygen atoms in total. The number of H-pyrrole nitrogens is 1. The lowest BCUT2D eigenvalue weighted by atomic mass is 10.3. The van der Waals surface area contributed by atoms with Gasteiger partial charge >= 0.3 is 0 Å². The highest BCUT2D eigenvalue weighted by Gasteiger charge is 2.29. The minimum Gasteiger partial charge on any atom is -0.379 e. The maximum atomic E-state index is 12.4. The van der Waals surface area contributed by atoms with Gasteiger partial charge in [0.1, 0.15) is 5.25 Å². The maximum Gasteiger partial charge on any atom is 0.235 e. The molecule has 0 aromatic carbocycles. The molecule has 1 amide bonds. The van der Waals surface area contributed by atoms with Crippen LogP contribution in [0.3, 0.4) is 0 Å². The van der Waals surface area contributed by atoms with E-state index in [1.54, 1.807) is 11.8 Å². The van der Waals surface area contributed by atoms with Crippen LogP contribution in [-0.4, -0.2) is 59.9 Å². The summed E-state index contributed by atoms with van der Waals surface area (Å²) in [7, 11) is 0. The number of carbonyl (C=O) groups is 1. The van der Waals surface area contributed by atoms with E-state index in [-0.39, 0.29) is 11.2 Å². The van der Waals surface area contributed by atoms with Gasteiger partial charge in [-0.2, -0.15) is 0 Å². The number of nitrogens with one attached hydrogen (secondary N) is 2. The smallest absolute Gasteiger partial charge is 0.235 e. The van der Waals surface area contributed by atoms with Gasteiger partial charge in [-0.15, -0.1) is 0 Å². The number of ether oxygens (including phenoxy) is 1. The fourth-order valence-electron chi connectivity index (χ4n) is 2.25. The molecule has 2 N–H and O–H groups in total. The van der Waals surface area contributed by atoms with Crippen LogP contribution in [0.25, 0.3) is 0 Å². The van der Waals surface area contributed by atoms with Gasteiger partial charge in [-0.3, -0.25) is 9.69 Å². The molecule has 0 spiro atoms. The van der Waals surface area contributed by atoms with E-state index in [0.29, 0.717) is 6.04 Å². The summed E-state index contributed by atoms with van der Waals surface area (Å²) in [6, 6.07) is 4.40. The van der Waals surface area contributed by atoms with Gasteiger partial charge in [0, 0.05) is 31.9 Å². The fraction of sp³-hybridized carbons (Fsp3) is 0.643. The minimum atomic E-state index is -0.0626. The zero-order chi connectivity index (χ0) is 13.8. The molecule has 1 atom stereocenters. The number of morpholine rings is 1. The lowest BCUT2D eigenvalue weighted by molar-refractivity contribution is -0.121. The number of aromatic nitrogens is 1. The molecule has 1 aromatic heterocycles. The van der Waals surface area contributed by atoms with E-state index >= 15 is 0 Å². The number of carbonyl (C=O) groups excluding carboxylic acids is 1. The Hall–Kier alpha value is -0.980. The van der Waals surface area contributed by atoms with Crippen molar-refractivity contribution in [3.8, 4) is 0 Å². The number of thioether (sulfide) groups is 1. The topological polar surface area (TPSA) is 57.4 Å². The lowest BCUT2D eigenvalue weighted by Crippen LogP contribution is -2.45. The van der Waals surface area contributed by atoms with Crippen molar-refractivity contribution in [3.05, 3.63) is 18.3 Å². The summed E-state index contributed by atoms with van der Waals surface area (Å²) in [4.78, 5) is 17.9. The third-order valence-corrected chi connectivity index (χ3v) is 4.74. The van der Waals surface area contributed by atoms with Gasteiger partial charge in [-0.05, 0) is 25.0 Å². The van der Waals surface area contributed by atoms with Crippen LogP contribution in [0.5, 0.6) is 0 Å². The van der Waals surface area contributed by atoms with Crippen LogP contribution >= 0.6 is 11.8 Å². The van der Waals surface area contributed by atoms with Crippen molar-refractivity contribution in [2.75, 3.05) is 32.8 Å². The normalized spacial score (nSPS) is 21.6. The van der Waals surface area contributed by atoms with Gasteiger partial charge < -0.3 is 15.0 Å². The zero-order valence-corrected chi connectivity index (χ0v) is 12.3. The molecule has 1 aliphatic carbocycles. The van der Waals surface area contributed by atoms with Gasteiger partial charge in [0.25, 0.3) is 0 Å². The van der Waals surface area contributed by atoms with Crippen molar-refractivity contribution in [1.29, 1.82) is 0 Å². The largest absolute Gasteiger partial charge is 0.379 e. The Morgan fingerprint density at radius 2 is 2.30 bits per heavy atom. The van der Waals surface area contributed by atoms with Crippen molar-refractivity contribution in [2.24, 2.45) is 0 Å². The summed E-state index contributed by atoms with van der Waals surface area (Å²) >= 11 is 1.62. The Kier molecular flexibility index (Phi) is 4.65.